The van der Waals surface area contributed by atoms with E-state index < -0.39 is 53.7 Å². The number of amides is 1. The third kappa shape index (κ3) is 6.28. The summed E-state index contributed by atoms with van der Waals surface area (Å²) in [6, 6.07) is 14.0. The van der Waals surface area contributed by atoms with Crippen molar-refractivity contribution in [2.45, 2.75) is 63.4 Å². The van der Waals surface area contributed by atoms with Crippen molar-refractivity contribution in [1.82, 2.24) is 4.90 Å². The number of carbonyl (C=O) groups is 1. The molecule has 6 atom stereocenters. The molecule has 230 valence electrons. The summed E-state index contributed by atoms with van der Waals surface area (Å²) in [4.78, 5) is 14.7. The number of hydrogen-bond acceptors (Lipinski definition) is 3. The molecule has 1 N–H and O–H groups in total. The van der Waals surface area contributed by atoms with Gasteiger partial charge in [-0.15, -0.1) is 0 Å². The predicted octanol–water partition coefficient (Wildman–Crippen LogP) is 7.90. The van der Waals surface area contributed by atoms with E-state index in [9.17, 15) is 40.6 Å². The van der Waals surface area contributed by atoms with Crippen LogP contribution in [0.5, 0.6) is 0 Å². The van der Waals surface area contributed by atoms with Gasteiger partial charge in [0.25, 0.3) is 5.91 Å². The number of rotatable bonds is 5. The van der Waals surface area contributed by atoms with E-state index in [1.807, 2.05) is 0 Å². The quantitative estimate of drug-likeness (QED) is 0.299. The number of nitrogens with zero attached hydrogens (tertiary/aromatic N) is 1. The van der Waals surface area contributed by atoms with Crippen molar-refractivity contribution in [2.75, 3.05) is 6.54 Å². The lowest BCUT2D eigenvalue weighted by molar-refractivity contribution is -0.143. The Kier molecular flexibility index (Phi) is 8.34. The van der Waals surface area contributed by atoms with Crippen molar-refractivity contribution in [3.63, 3.8) is 0 Å². The number of aliphatic hydroxyl groups excluding tert-OH is 1. The maximum atomic E-state index is 14.1. The molecular formula is C32H30F7NO3. The fourth-order valence-corrected chi connectivity index (χ4v) is 6.58. The van der Waals surface area contributed by atoms with Crippen LogP contribution in [0.15, 0.2) is 66.7 Å². The van der Waals surface area contributed by atoms with Crippen molar-refractivity contribution in [2.24, 2.45) is 11.8 Å². The van der Waals surface area contributed by atoms with Crippen LogP contribution in [0.25, 0.3) is 0 Å². The Bertz CT molecular complexity index is 1440. The summed E-state index contributed by atoms with van der Waals surface area (Å²) >= 11 is 0. The van der Waals surface area contributed by atoms with Gasteiger partial charge in [0.2, 0.25) is 0 Å². The van der Waals surface area contributed by atoms with Gasteiger partial charge in [0, 0.05) is 23.9 Å². The van der Waals surface area contributed by atoms with Gasteiger partial charge in [-0.05, 0) is 91.8 Å². The molecule has 1 heterocycles. The zero-order chi connectivity index (χ0) is 31.3. The lowest BCUT2D eigenvalue weighted by atomic mass is 9.68. The molecule has 3 aromatic rings. The molecule has 1 amide bonds. The number of hydrogen-bond donors (Lipinski definition) is 1. The van der Waals surface area contributed by atoms with E-state index in [0.29, 0.717) is 41.7 Å². The van der Waals surface area contributed by atoms with E-state index >= 15 is 0 Å². The second-order valence-corrected chi connectivity index (χ2v) is 11.3. The molecular weight excluding hydrogens is 579 g/mol. The number of ether oxygens (including phenoxy) is 1. The molecule has 11 heteroatoms. The molecule has 0 bridgehead atoms. The first-order valence-electron chi connectivity index (χ1n) is 13.9. The Hall–Kier alpha value is -3.44. The minimum Gasteiger partial charge on any atom is -0.373 e. The summed E-state index contributed by atoms with van der Waals surface area (Å²) in [5, 5.41) is 11.2. The van der Waals surface area contributed by atoms with E-state index in [0.717, 1.165) is 0 Å². The standard InChI is InChI=1S/C32H30F7NO3/c1-17-12-23(33)8-9-24(17)28-26-16-40(29(41)19-6-4-3-5-7-19)30(42)25(26)10-11-27(28)43-18(2)20-13-21(31(34,35)36)15-22(14-20)32(37,38)39/h3-9,12-15,18,25-28,30,42H,10-11,16H2,1-2H3/t18-,25+,26-,27+,28+,30?/m1/s1. The normalized spacial score (nSPS) is 25.0. The first kappa shape index (κ1) is 31.0. The first-order valence-corrected chi connectivity index (χ1v) is 13.9. The topological polar surface area (TPSA) is 49.8 Å². The highest BCUT2D eigenvalue weighted by atomic mass is 19.4. The molecule has 5 rings (SSSR count). The van der Waals surface area contributed by atoms with E-state index in [1.54, 1.807) is 43.3 Å². The smallest absolute Gasteiger partial charge is 0.373 e. The Morgan fingerprint density at radius 3 is 2.12 bits per heavy atom. The number of carbonyl (C=O) groups excluding carboxylic acids is 1. The number of aryl methyl sites for hydroxylation is 1. The lowest BCUT2D eigenvalue weighted by Crippen LogP contribution is -2.40. The van der Waals surface area contributed by atoms with Crippen molar-refractivity contribution in [1.29, 1.82) is 0 Å². The molecule has 0 aromatic heterocycles. The molecule has 43 heavy (non-hydrogen) atoms. The Labute approximate surface area is 244 Å². The van der Waals surface area contributed by atoms with Crippen LogP contribution in [0, 0.1) is 24.6 Å². The van der Waals surface area contributed by atoms with Gasteiger partial charge in [-0.3, -0.25) is 4.79 Å². The van der Waals surface area contributed by atoms with Crippen LogP contribution < -0.4 is 0 Å². The van der Waals surface area contributed by atoms with Gasteiger partial charge >= 0.3 is 12.4 Å². The monoisotopic (exact) mass is 609 g/mol. The molecule has 0 radical (unpaired) electrons. The highest BCUT2D eigenvalue weighted by Gasteiger charge is 2.52. The molecule has 1 aliphatic heterocycles. The highest BCUT2D eigenvalue weighted by molar-refractivity contribution is 5.94. The Balaban J connectivity index is 1.50. The summed E-state index contributed by atoms with van der Waals surface area (Å²) in [6.07, 6.45) is -12.3. The van der Waals surface area contributed by atoms with Gasteiger partial charge in [-0.1, -0.05) is 24.3 Å². The predicted molar refractivity (Wildman–Crippen MR) is 143 cm³/mol. The Morgan fingerprint density at radius 2 is 1.53 bits per heavy atom. The summed E-state index contributed by atoms with van der Waals surface area (Å²) < 4.78 is 102. The van der Waals surface area contributed by atoms with Crippen LogP contribution >= 0.6 is 0 Å². The number of alkyl halides is 6. The van der Waals surface area contributed by atoms with Crippen molar-refractivity contribution in [3.05, 3.63) is 106 Å². The molecule has 4 nitrogen and oxygen atoms in total. The number of halogens is 7. The summed E-state index contributed by atoms with van der Waals surface area (Å²) in [5.74, 6) is -2.12. The fraction of sp³-hybridized carbons (Fsp3) is 0.406. The molecule has 1 saturated carbocycles. The minimum absolute atomic E-state index is 0.0738. The minimum atomic E-state index is -5.00. The van der Waals surface area contributed by atoms with Gasteiger partial charge in [-0.2, -0.15) is 26.3 Å². The van der Waals surface area contributed by atoms with Crippen LogP contribution in [0.1, 0.15) is 70.0 Å². The van der Waals surface area contributed by atoms with Crippen LogP contribution in [-0.4, -0.2) is 34.8 Å². The van der Waals surface area contributed by atoms with Crippen LogP contribution in [0.4, 0.5) is 30.7 Å². The summed E-state index contributed by atoms with van der Waals surface area (Å²) in [7, 11) is 0. The molecule has 1 aliphatic carbocycles. The zero-order valence-electron chi connectivity index (χ0n) is 23.3. The third-order valence-electron chi connectivity index (χ3n) is 8.64. The lowest BCUT2D eigenvalue weighted by Gasteiger charge is -2.41. The average molecular weight is 610 g/mol. The number of fused-ring (bicyclic) bond motifs is 1. The molecule has 2 fully saturated rings. The fourth-order valence-electron chi connectivity index (χ4n) is 6.58. The summed E-state index contributed by atoms with van der Waals surface area (Å²) in [5.41, 5.74) is -1.51. The largest absolute Gasteiger partial charge is 0.416 e. The van der Waals surface area contributed by atoms with E-state index in [-0.39, 0.29) is 35.9 Å². The van der Waals surface area contributed by atoms with E-state index in [4.69, 9.17) is 4.74 Å². The van der Waals surface area contributed by atoms with E-state index in [2.05, 4.69) is 0 Å². The SMILES string of the molecule is Cc1cc(F)ccc1[C@H]1[C@@H]2CN(C(=O)c3ccccc3)C(O)[C@H]2CC[C@@H]1O[C@H](C)c1cc(C(F)(F)F)cc(C(F)(F)F)c1. The van der Waals surface area contributed by atoms with Crippen molar-refractivity contribution >= 4 is 5.91 Å². The first-order chi connectivity index (χ1) is 20.1. The second-order valence-electron chi connectivity index (χ2n) is 11.3. The van der Waals surface area contributed by atoms with Crippen LogP contribution in [-0.2, 0) is 17.1 Å². The van der Waals surface area contributed by atoms with Gasteiger partial charge in [0.05, 0.1) is 23.3 Å². The van der Waals surface area contributed by atoms with E-state index in [1.165, 1.54) is 24.0 Å². The third-order valence-corrected chi connectivity index (χ3v) is 8.64. The summed E-state index contributed by atoms with van der Waals surface area (Å²) in [6.45, 7) is 3.23. The Morgan fingerprint density at radius 1 is 0.907 bits per heavy atom. The number of likely N-dealkylation sites (tertiary alicyclic amines) is 1. The second kappa shape index (κ2) is 11.6. The maximum Gasteiger partial charge on any atom is 0.416 e. The molecule has 3 aromatic carbocycles. The maximum absolute atomic E-state index is 14.1. The van der Waals surface area contributed by atoms with Gasteiger partial charge < -0.3 is 14.7 Å². The number of benzene rings is 3. The highest BCUT2D eigenvalue weighted by Crippen LogP contribution is 2.50. The van der Waals surface area contributed by atoms with Crippen molar-refractivity contribution < 1.29 is 45.4 Å². The molecule has 1 saturated heterocycles. The number of aliphatic hydroxyl groups is 1. The molecule has 1 unspecified atom stereocenters. The molecule has 0 spiro atoms. The molecule has 2 aliphatic rings. The van der Waals surface area contributed by atoms with Crippen LogP contribution in [0.2, 0.25) is 0 Å². The average Bonchev–Trinajstić information content (AvgIpc) is 3.28. The zero-order valence-corrected chi connectivity index (χ0v) is 23.3. The van der Waals surface area contributed by atoms with Gasteiger partial charge in [-0.25, -0.2) is 4.39 Å². The van der Waals surface area contributed by atoms with Crippen LogP contribution in [0.3, 0.4) is 0 Å². The van der Waals surface area contributed by atoms with Crippen molar-refractivity contribution in [3.8, 4) is 0 Å². The van der Waals surface area contributed by atoms with Gasteiger partial charge in [0.1, 0.15) is 12.0 Å². The van der Waals surface area contributed by atoms with Gasteiger partial charge in [0.15, 0.2) is 0 Å².